The van der Waals surface area contributed by atoms with Gasteiger partial charge in [0.25, 0.3) is 0 Å². The zero-order valence-corrected chi connectivity index (χ0v) is 11.9. The standard InChI is InChI=1S/C12H26O4S/c1-3-5-6-7-8-9-10-11-12-16-17(13,14)15-4-2/h3-12H2,1-2H3. The van der Waals surface area contributed by atoms with E-state index in [2.05, 4.69) is 15.3 Å². The molecule has 0 saturated carbocycles. The van der Waals surface area contributed by atoms with Crippen LogP contribution in [0.25, 0.3) is 0 Å². The van der Waals surface area contributed by atoms with Crippen LogP contribution in [0.3, 0.4) is 0 Å². The van der Waals surface area contributed by atoms with Crippen molar-refractivity contribution in [3.05, 3.63) is 0 Å². The number of hydrogen-bond acceptors (Lipinski definition) is 4. The van der Waals surface area contributed by atoms with Crippen molar-refractivity contribution in [2.24, 2.45) is 0 Å². The van der Waals surface area contributed by atoms with Gasteiger partial charge in [-0.05, 0) is 13.3 Å². The first-order valence-electron chi connectivity index (χ1n) is 6.66. The van der Waals surface area contributed by atoms with Gasteiger partial charge in [-0.15, -0.1) is 0 Å². The van der Waals surface area contributed by atoms with Crippen LogP contribution in [-0.4, -0.2) is 21.6 Å². The topological polar surface area (TPSA) is 52.6 Å². The Morgan fingerprint density at radius 3 is 1.82 bits per heavy atom. The first kappa shape index (κ1) is 16.9. The van der Waals surface area contributed by atoms with E-state index in [0.717, 1.165) is 19.3 Å². The predicted octanol–water partition coefficient (Wildman–Crippen LogP) is 3.43. The monoisotopic (exact) mass is 266 g/mol. The second-order valence-corrected chi connectivity index (χ2v) is 5.40. The fourth-order valence-electron chi connectivity index (χ4n) is 1.58. The van der Waals surface area contributed by atoms with Crippen molar-refractivity contribution in [1.82, 2.24) is 0 Å². The first-order chi connectivity index (χ1) is 8.12. The van der Waals surface area contributed by atoms with Crippen LogP contribution < -0.4 is 0 Å². The summed E-state index contributed by atoms with van der Waals surface area (Å²) in [6.07, 6.45) is 9.37. The lowest BCUT2D eigenvalue weighted by Crippen LogP contribution is -2.10. The predicted molar refractivity (Wildman–Crippen MR) is 69.1 cm³/mol. The van der Waals surface area contributed by atoms with Gasteiger partial charge in [-0.2, -0.15) is 8.42 Å². The van der Waals surface area contributed by atoms with Gasteiger partial charge in [0.2, 0.25) is 0 Å². The normalized spacial score (nSPS) is 11.9. The number of rotatable bonds is 12. The van der Waals surface area contributed by atoms with E-state index in [4.69, 9.17) is 0 Å². The molecule has 0 aromatic carbocycles. The summed E-state index contributed by atoms with van der Waals surface area (Å²) in [4.78, 5) is 0. The number of unbranched alkanes of at least 4 members (excludes halogenated alkanes) is 7. The molecule has 104 valence electrons. The van der Waals surface area contributed by atoms with E-state index in [1.54, 1.807) is 6.92 Å². The summed E-state index contributed by atoms with van der Waals surface area (Å²) < 4.78 is 31.1. The Balaban J connectivity index is 3.24. The Hall–Kier alpha value is -0.130. The van der Waals surface area contributed by atoms with Crippen LogP contribution in [0.15, 0.2) is 0 Å². The molecule has 0 amide bonds. The summed E-state index contributed by atoms with van der Waals surface area (Å²) >= 11 is 0. The van der Waals surface area contributed by atoms with Gasteiger partial charge in [0.1, 0.15) is 0 Å². The third-order valence-electron chi connectivity index (χ3n) is 2.49. The van der Waals surface area contributed by atoms with Crippen LogP contribution in [0.1, 0.15) is 65.2 Å². The zero-order valence-electron chi connectivity index (χ0n) is 11.1. The minimum atomic E-state index is -3.74. The second-order valence-electron chi connectivity index (χ2n) is 4.11. The van der Waals surface area contributed by atoms with E-state index in [1.165, 1.54) is 32.1 Å². The lowest BCUT2D eigenvalue weighted by Gasteiger charge is -2.04. The molecule has 0 unspecified atom stereocenters. The van der Waals surface area contributed by atoms with E-state index >= 15 is 0 Å². The molecule has 0 radical (unpaired) electrons. The van der Waals surface area contributed by atoms with Crippen LogP contribution >= 0.6 is 0 Å². The molecule has 0 aliphatic heterocycles. The fourth-order valence-corrected chi connectivity index (χ4v) is 2.25. The van der Waals surface area contributed by atoms with Gasteiger partial charge in [-0.1, -0.05) is 51.9 Å². The van der Waals surface area contributed by atoms with E-state index in [-0.39, 0.29) is 13.2 Å². The molecular weight excluding hydrogens is 240 g/mol. The molecule has 0 N–H and O–H groups in total. The lowest BCUT2D eigenvalue weighted by molar-refractivity contribution is 0.218. The maximum atomic E-state index is 11.0. The van der Waals surface area contributed by atoms with Gasteiger partial charge in [0.05, 0.1) is 13.2 Å². The summed E-state index contributed by atoms with van der Waals surface area (Å²) in [5.74, 6) is 0. The van der Waals surface area contributed by atoms with Crippen LogP contribution in [0.5, 0.6) is 0 Å². The highest BCUT2D eigenvalue weighted by atomic mass is 32.3. The van der Waals surface area contributed by atoms with Crippen molar-refractivity contribution in [2.45, 2.75) is 65.2 Å². The average Bonchev–Trinajstić information content (AvgIpc) is 2.27. The highest BCUT2D eigenvalue weighted by Crippen LogP contribution is 2.09. The Labute approximate surface area is 106 Å². The minimum absolute atomic E-state index is 0.125. The molecule has 0 rings (SSSR count). The molecule has 0 fully saturated rings. The van der Waals surface area contributed by atoms with E-state index < -0.39 is 10.4 Å². The molecule has 0 aromatic heterocycles. The minimum Gasteiger partial charge on any atom is -0.248 e. The summed E-state index contributed by atoms with van der Waals surface area (Å²) in [5.41, 5.74) is 0. The molecule has 0 aliphatic rings. The van der Waals surface area contributed by atoms with Gasteiger partial charge in [0, 0.05) is 0 Å². The highest BCUT2D eigenvalue weighted by Gasteiger charge is 2.09. The molecule has 0 atom stereocenters. The smallest absolute Gasteiger partial charge is 0.248 e. The molecule has 0 spiro atoms. The summed E-state index contributed by atoms with van der Waals surface area (Å²) in [6.45, 7) is 4.18. The van der Waals surface area contributed by atoms with Crippen molar-refractivity contribution in [3.8, 4) is 0 Å². The van der Waals surface area contributed by atoms with Crippen molar-refractivity contribution in [3.63, 3.8) is 0 Å². The van der Waals surface area contributed by atoms with Crippen molar-refractivity contribution in [1.29, 1.82) is 0 Å². The largest absolute Gasteiger partial charge is 0.399 e. The fraction of sp³-hybridized carbons (Fsp3) is 1.00. The Bertz CT molecular complexity index is 249. The molecule has 5 heteroatoms. The first-order valence-corrected chi connectivity index (χ1v) is 7.99. The maximum absolute atomic E-state index is 11.0. The molecule has 0 heterocycles. The molecule has 0 aliphatic carbocycles. The quantitative estimate of drug-likeness (QED) is 0.508. The molecule has 0 saturated heterocycles. The van der Waals surface area contributed by atoms with Gasteiger partial charge >= 0.3 is 10.4 Å². The summed E-state index contributed by atoms with van der Waals surface area (Å²) in [7, 11) is -3.74. The number of hydrogen-bond donors (Lipinski definition) is 0. The lowest BCUT2D eigenvalue weighted by atomic mass is 10.1. The van der Waals surface area contributed by atoms with Gasteiger partial charge in [-0.25, -0.2) is 8.37 Å². The van der Waals surface area contributed by atoms with E-state index in [1.807, 2.05) is 0 Å². The van der Waals surface area contributed by atoms with E-state index in [0.29, 0.717) is 0 Å². The third-order valence-corrected chi connectivity index (χ3v) is 3.47. The Morgan fingerprint density at radius 1 is 0.765 bits per heavy atom. The maximum Gasteiger partial charge on any atom is 0.399 e. The van der Waals surface area contributed by atoms with Gasteiger partial charge < -0.3 is 0 Å². The molecule has 4 nitrogen and oxygen atoms in total. The summed E-state index contributed by atoms with van der Waals surface area (Å²) in [5, 5.41) is 0. The molecular formula is C12H26O4S. The molecule has 17 heavy (non-hydrogen) atoms. The molecule has 0 aromatic rings. The van der Waals surface area contributed by atoms with Crippen LogP contribution in [0, 0.1) is 0 Å². The Kier molecular flexibility index (Phi) is 10.9. The van der Waals surface area contributed by atoms with Gasteiger partial charge in [-0.3, -0.25) is 0 Å². The van der Waals surface area contributed by atoms with Crippen LogP contribution in [0.4, 0.5) is 0 Å². The van der Waals surface area contributed by atoms with Crippen molar-refractivity contribution >= 4 is 10.4 Å². The highest BCUT2D eigenvalue weighted by molar-refractivity contribution is 7.81. The second kappa shape index (κ2) is 11.0. The Morgan fingerprint density at radius 2 is 1.29 bits per heavy atom. The van der Waals surface area contributed by atoms with Crippen LogP contribution in [0.2, 0.25) is 0 Å². The van der Waals surface area contributed by atoms with Gasteiger partial charge in [0.15, 0.2) is 0 Å². The SMILES string of the molecule is CCCCCCCCCCOS(=O)(=O)OCC. The van der Waals surface area contributed by atoms with Crippen molar-refractivity contribution in [2.75, 3.05) is 13.2 Å². The average molecular weight is 266 g/mol. The summed E-state index contributed by atoms with van der Waals surface area (Å²) in [6, 6.07) is 0. The van der Waals surface area contributed by atoms with Crippen LogP contribution in [-0.2, 0) is 18.8 Å². The third kappa shape index (κ3) is 12.1. The zero-order chi connectivity index (χ0) is 13.0. The van der Waals surface area contributed by atoms with E-state index in [9.17, 15) is 8.42 Å². The van der Waals surface area contributed by atoms with Crippen molar-refractivity contribution < 1.29 is 16.8 Å². The molecule has 0 bridgehead atoms.